The van der Waals surface area contributed by atoms with Crippen molar-refractivity contribution in [1.82, 2.24) is 0 Å². The van der Waals surface area contributed by atoms with E-state index in [1.165, 1.54) is 12.1 Å². The van der Waals surface area contributed by atoms with Crippen molar-refractivity contribution in [2.45, 2.75) is 43.9 Å². The van der Waals surface area contributed by atoms with E-state index in [9.17, 15) is 13.2 Å². The van der Waals surface area contributed by atoms with Crippen LogP contribution in [0.5, 0.6) is 0 Å². The number of aliphatic imine (C=N–C) groups is 1. The third-order valence-corrected chi connectivity index (χ3v) is 5.63. The van der Waals surface area contributed by atoms with Gasteiger partial charge in [-0.2, -0.15) is 13.2 Å². The van der Waals surface area contributed by atoms with Gasteiger partial charge >= 0.3 is 6.18 Å². The zero-order valence-electron chi connectivity index (χ0n) is 20.1. The van der Waals surface area contributed by atoms with E-state index in [0.717, 1.165) is 11.1 Å². The number of hydrogen-bond donors (Lipinski definition) is 0. The second-order valence-electron chi connectivity index (χ2n) is 8.36. The number of rotatable bonds is 9. The van der Waals surface area contributed by atoms with Gasteiger partial charge in [-0.1, -0.05) is 84.0 Å². The lowest BCUT2D eigenvalue weighted by Crippen LogP contribution is -2.56. The van der Waals surface area contributed by atoms with Gasteiger partial charge in [-0.15, -0.1) is 0 Å². The van der Waals surface area contributed by atoms with E-state index in [4.69, 9.17) is 24.5 Å². The Morgan fingerprint density at radius 3 is 1.89 bits per heavy atom. The summed E-state index contributed by atoms with van der Waals surface area (Å²) in [6, 6.07) is 25.0. The van der Waals surface area contributed by atoms with Crippen molar-refractivity contribution < 1.29 is 32.1 Å². The molecular formula is C27H25F3N4O4. The zero-order chi connectivity index (χ0) is 26.8. The van der Waals surface area contributed by atoms with E-state index >= 15 is 0 Å². The summed E-state index contributed by atoms with van der Waals surface area (Å²) in [7, 11) is 0. The summed E-state index contributed by atoms with van der Waals surface area (Å²) < 4.78 is 64.9. The lowest BCUT2D eigenvalue weighted by Gasteiger charge is -2.40. The number of ether oxygens (including phenoxy) is 4. The smallest absolute Gasteiger partial charge is 0.441 e. The molecule has 0 radical (unpaired) electrons. The van der Waals surface area contributed by atoms with Crippen LogP contribution in [0.3, 0.4) is 0 Å². The standard InChI is InChI=1S/C27H25F3N4O4/c28-27(29,30)26(32-21-14-8-3-9-15-21)38-25-24(36-17-20-12-6-2-7-13-20)23(22(18-37-25)33-34-31)35-16-19-10-4-1-5-11-19/h1-15,22-25H,16-18H2/t22-,23-,24+,25-/m0/s1. The van der Waals surface area contributed by atoms with Gasteiger partial charge in [0, 0.05) is 4.91 Å². The van der Waals surface area contributed by atoms with Gasteiger partial charge < -0.3 is 18.9 Å². The summed E-state index contributed by atoms with van der Waals surface area (Å²) in [5, 5.41) is 3.76. The molecule has 3 aromatic carbocycles. The van der Waals surface area contributed by atoms with Crippen LogP contribution in [0, 0.1) is 0 Å². The molecule has 0 bridgehead atoms. The van der Waals surface area contributed by atoms with Gasteiger partial charge in [-0.05, 0) is 28.8 Å². The summed E-state index contributed by atoms with van der Waals surface area (Å²) >= 11 is 0. The summed E-state index contributed by atoms with van der Waals surface area (Å²) in [5.41, 5.74) is 10.8. The predicted octanol–water partition coefficient (Wildman–Crippen LogP) is 6.50. The van der Waals surface area contributed by atoms with Gasteiger partial charge in [0.25, 0.3) is 5.90 Å². The highest BCUT2D eigenvalue weighted by molar-refractivity contribution is 5.84. The minimum absolute atomic E-state index is 0.0279. The zero-order valence-corrected chi connectivity index (χ0v) is 20.1. The van der Waals surface area contributed by atoms with Gasteiger partial charge in [0.05, 0.1) is 31.5 Å². The van der Waals surface area contributed by atoms with Crippen molar-refractivity contribution in [1.29, 1.82) is 0 Å². The number of nitrogens with zero attached hydrogens (tertiary/aromatic N) is 4. The molecular weight excluding hydrogens is 501 g/mol. The highest BCUT2D eigenvalue weighted by atomic mass is 19.4. The fraction of sp³-hybridized carbons (Fsp3) is 0.296. The van der Waals surface area contributed by atoms with E-state index < -0.39 is 36.6 Å². The number of para-hydroxylation sites is 1. The molecule has 3 aromatic rings. The third-order valence-electron chi connectivity index (χ3n) is 5.63. The predicted molar refractivity (Wildman–Crippen MR) is 133 cm³/mol. The Kier molecular flexibility index (Phi) is 9.34. The maximum Gasteiger partial charge on any atom is 0.468 e. The lowest BCUT2D eigenvalue weighted by molar-refractivity contribution is -0.255. The first kappa shape index (κ1) is 27.2. The summed E-state index contributed by atoms with van der Waals surface area (Å²) in [4.78, 5) is 6.53. The number of benzene rings is 3. The van der Waals surface area contributed by atoms with E-state index in [-0.39, 0.29) is 25.5 Å². The van der Waals surface area contributed by atoms with E-state index in [1.807, 2.05) is 60.7 Å². The normalized spacial score (nSPS) is 21.9. The van der Waals surface area contributed by atoms with Crippen LogP contribution in [0.4, 0.5) is 18.9 Å². The molecule has 0 spiro atoms. The van der Waals surface area contributed by atoms with E-state index in [0.29, 0.717) is 0 Å². The molecule has 1 aliphatic heterocycles. The molecule has 4 rings (SSSR count). The fourth-order valence-corrected chi connectivity index (χ4v) is 3.82. The minimum atomic E-state index is -4.91. The third kappa shape index (κ3) is 7.56. The van der Waals surface area contributed by atoms with Gasteiger partial charge in [-0.3, -0.25) is 0 Å². The Labute approximate surface area is 217 Å². The molecule has 0 amide bonds. The van der Waals surface area contributed by atoms with Crippen molar-refractivity contribution in [3.63, 3.8) is 0 Å². The largest absolute Gasteiger partial charge is 0.468 e. The fourth-order valence-electron chi connectivity index (χ4n) is 3.82. The van der Waals surface area contributed by atoms with Crippen LogP contribution in [0.15, 0.2) is 101 Å². The first-order valence-electron chi connectivity index (χ1n) is 11.8. The minimum Gasteiger partial charge on any atom is -0.441 e. The first-order valence-corrected chi connectivity index (χ1v) is 11.8. The van der Waals surface area contributed by atoms with Crippen LogP contribution in [-0.4, -0.2) is 43.2 Å². The lowest BCUT2D eigenvalue weighted by atomic mass is 10.0. The van der Waals surface area contributed by atoms with Crippen molar-refractivity contribution in [3.05, 3.63) is 113 Å². The van der Waals surface area contributed by atoms with Gasteiger partial charge in [-0.25, -0.2) is 4.99 Å². The van der Waals surface area contributed by atoms with Crippen LogP contribution in [0.1, 0.15) is 11.1 Å². The summed E-state index contributed by atoms with van der Waals surface area (Å²) in [6.45, 7) is -0.110. The molecule has 8 nitrogen and oxygen atoms in total. The van der Waals surface area contributed by atoms with Gasteiger partial charge in [0.15, 0.2) is 0 Å². The molecule has 0 unspecified atom stereocenters. The summed E-state index contributed by atoms with van der Waals surface area (Å²) in [5.74, 6) is -1.49. The summed E-state index contributed by atoms with van der Waals surface area (Å²) in [6.07, 6.45) is -8.62. The second kappa shape index (κ2) is 13.1. The van der Waals surface area contributed by atoms with E-state index in [1.54, 1.807) is 18.2 Å². The molecule has 198 valence electrons. The molecule has 38 heavy (non-hydrogen) atoms. The van der Waals surface area contributed by atoms with Crippen LogP contribution >= 0.6 is 0 Å². The SMILES string of the molecule is [N-]=[N+]=N[C@H]1CO[C@@H](OC(=Nc2ccccc2)C(F)(F)F)[C@H](OCc2ccccc2)[C@H]1OCc1ccccc1. The van der Waals surface area contributed by atoms with Crippen molar-refractivity contribution >= 4 is 11.6 Å². The molecule has 0 N–H and O–H groups in total. The van der Waals surface area contributed by atoms with Gasteiger partial charge in [0.1, 0.15) is 12.2 Å². The number of alkyl halides is 3. The molecule has 1 aliphatic rings. The monoisotopic (exact) mass is 526 g/mol. The number of azide groups is 1. The topological polar surface area (TPSA) is 98.0 Å². The van der Waals surface area contributed by atoms with Crippen LogP contribution < -0.4 is 0 Å². The highest BCUT2D eigenvalue weighted by Gasteiger charge is 2.47. The van der Waals surface area contributed by atoms with Crippen LogP contribution in [0.2, 0.25) is 0 Å². The molecule has 1 heterocycles. The maximum absolute atomic E-state index is 14.0. The Morgan fingerprint density at radius 2 is 1.37 bits per heavy atom. The first-order chi connectivity index (χ1) is 18.4. The molecule has 11 heteroatoms. The maximum atomic E-state index is 14.0. The Morgan fingerprint density at radius 1 is 0.842 bits per heavy atom. The van der Waals surface area contributed by atoms with Crippen molar-refractivity contribution in [2.24, 2.45) is 10.1 Å². The molecule has 4 atom stereocenters. The Balaban J connectivity index is 1.64. The second-order valence-corrected chi connectivity index (χ2v) is 8.36. The van der Waals surface area contributed by atoms with Crippen LogP contribution in [0.25, 0.3) is 10.4 Å². The van der Waals surface area contributed by atoms with E-state index in [2.05, 4.69) is 15.0 Å². The number of hydrogen-bond acceptors (Lipinski definition) is 6. The average Bonchev–Trinajstić information content (AvgIpc) is 2.93. The van der Waals surface area contributed by atoms with Crippen molar-refractivity contribution in [3.8, 4) is 0 Å². The quantitative estimate of drug-likeness (QED) is 0.104. The van der Waals surface area contributed by atoms with Crippen LogP contribution in [-0.2, 0) is 32.2 Å². The Hall–Kier alpha value is -3.89. The Bertz CT molecular complexity index is 1220. The highest BCUT2D eigenvalue weighted by Crippen LogP contribution is 2.30. The molecule has 0 aliphatic carbocycles. The molecule has 0 saturated carbocycles. The van der Waals surface area contributed by atoms with Crippen molar-refractivity contribution in [2.75, 3.05) is 6.61 Å². The molecule has 1 fully saturated rings. The molecule has 1 saturated heterocycles. The molecule has 0 aromatic heterocycles. The van der Waals surface area contributed by atoms with Gasteiger partial charge in [0.2, 0.25) is 6.29 Å². The number of halogens is 3. The average molecular weight is 527 g/mol.